The largest absolute Gasteiger partial charge is 0.381 e. The van der Waals surface area contributed by atoms with Crippen molar-refractivity contribution < 1.29 is 9.47 Å². The lowest BCUT2D eigenvalue weighted by molar-refractivity contribution is -0.0858. The van der Waals surface area contributed by atoms with Crippen LogP contribution in [0.4, 0.5) is 0 Å². The molecule has 18 heavy (non-hydrogen) atoms. The lowest BCUT2D eigenvalue weighted by Gasteiger charge is -2.41. The van der Waals surface area contributed by atoms with E-state index >= 15 is 0 Å². The average molecular weight is 255 g/mol. The van der Waals surface area contributed by atoms with Gasteiger partial charge in [-0.1, -0.05) is 0 Å². The molecule has 4 unspecified atom stereocenters. The van der Waals surface area contributed by atoms with Crippen molar-refractivity contribution in [3.8, 4) is 0 Å². The number of nitrogens with zero attached hydrogens (tertiary/aromatic N) is 1. The van der Waals surface area contributed by atoms with Gasteiger partial charge < -0.3 is 9.47 Å². The number of hydrogen-bond donors (Lipinski definition) is 2. The molecule has 3 fully saturated rings. The van der Waals surface area contributed by atoms with E-state index in [4.69, 9.17) is 15.3 Å². The van der Waals surface area contributed by atoms with E-state index in [2.05, 4.69) is 10.3 Å². The molecule has 0 aliphatic carbocycles. The molecule has 104 valence electrons. The van der Waals surface area contributed by atoms with Crippen LogP contribution in [0.2, 0.25) is 0 Å². The van der Waals surface area contributed by atoms with Crippen LogP contribution in [0.5, 0.6) is 0 Å². The summed E-state index contributed by atoms with van der Waals surface area (Å²) in [5.74, 6) is 6.26. The Labute approximate surface area is 109 Å². The van der Waals surface area contributed by atoms with Gasteiger partial charge in [-0.05, 0) is 32.2 Å². The third kappa shape index (κ3) is 2.56. The summed E-state index contributed by atoms with van der Waals surface area (Å²) >= 11 is 0. The van der Waals surface area contributed by atoms with Gasteiger partial charge in [0.05, 0.1) is 25.4 Å². The zero-order chi connectivity index (χ0) is 12.4. The molecule has 0 aromatic heterocycles. The molecule has 0 aromatic rings. The molecular weight excluding hydrogens is 230 g/mol. The Kier molecular flexibility index (Phi) is 4.16. The Morgan fingerprint density at radius 3 is 2.94 bits per heavy atom. The first kappa shape index (κ1) is 12.8. The maximum atomic E-state index is 6.06. The summed E-state index contributed by atoms with van der Waals surface area (Å²) in [6.07, 6.45) is 5.16. The summed E-state index contributed by atoms with van der Waals surface area (Å²) in [4.78, 5) is 2.57. The predicted octanol–water partition coefficient (Wildman–Crippen LogP) is 0.108. The number of morpholine rings is 1. The molecule has 3 N–H and O–H groups in total. The fraction of sp³-hybridized carbons (Fsp3) is 1.00. The predicted molar refractivity (Wildman–Crippen MR) is 69.0 cm³/mol. The van der Waals surface area contributed by atoms with E-state index in [-0.39, 0.29) is 12.1 Å². The standard InChI is InChI=1S/C13H25N3O2/c14-15-13(10-3-2-6-17-8-10)12-7-16-5-1-4-11(16)9-18-12/h10-13,15H,1-9,14H2. The van der Waals surface area contributed by atoms with Crippen LogP contribution in [0.25, 0.3) is 0 Å². The molecule has 4 atom stereocenters. The van der Waals surface area contributed by atoms with E-state index in [1.54, 1.807) is 0 Å². The van der Waals surface area contributed by atoms with Gasteiger partial charge in [0.1, 0.15) is 0 Å². The second-order valence-electron chi connectivity index (χ2n) is 5.83. The van der Waals surface area contributed by atoms with Gasteiger partial charge in [-0.2, -0.15) is 0 Å². The lowest BCUT2D eigenvalue weighted by Crippen LogP contribution is -2.59. The van der Waals surface area contributed by atoms with Crippen molar-refractivity contribution in [2.24, 2.45) is 11.8 Å². The first-order valence-corrected chi connectivity index (χ1v) is 7.28. The fourth-order valence-electron chi connectivity index (χ4n) is 3.66. The number of rotatable bonds is 3. The minimum atomic E-state index is 0.219. The fourth-order valence-corrected chi connectivity index (χ4v) is 3.66. The first-order valence-electron chi connectivity index (χ1n) is 7.28. The highest BCUT2D eigenvalue weighted by molar-refractivity contribution is 4.92. The summed E-state index contributed by atoms with van der Waals surface area (Å²) in [6.45, 7) is 4.83. The van der Waals surface area contributed by atoms with Crippen LogP contribution in [0.1, 0.15) is 25.7 Å². The second kappa shape index (κ2) is 5.84. The zero-order valence-electron chi connectivity index (χ0n) is 11.0. The summed E-state index contributed by atoms with van der Waals surface area (Å²) in [7, 11) is 0. The maximum absolute atomic E-state index is 6.06. The summed E-state index contributed by atoms with van der Waals surface area (Å²) < 4.78 is 11.6. The van der Waals surface area contributed by atoms with Crippen molar-refractivity contribution in [3.05, 3.63) is 0 Å². The van der Waals surface area contributed by atoms with Crippen molar-refractivity contribution in [1.82, 2.24) is 10.3 Å². The summed E-state index contributed by atoms with van der Waals surface area (Å²) in [6, 6.07) is 0.883. The van der Waals surface area contributed by atoms with E-state index in [1.165, 1.54) is 25.8 Å². The van der Waals surface area contributed by atoms with Gasteiger partial charge in [0.2, 0.25) is 0 Å². The smallest absolute Gasteiger partial charge is 0.0872 e. The molecule has 0 radical (unpaired) electrons. The van der Waals surface area contributed by atoms with Crippen LogP contribution in [-0.4, -0.2) is 56.0 Å². The monoisotopic (exact) mass is 255 g/mol. The van der Waals surface area contributed by atoms with E-state index in [9.17, 15) is 0 Å². The third-order valence-corrected chi connectivity index (χ3v) is 4.71. The quantitative estimate of drug-likeness (QED) is 0.553. The van der Waals surface area contributed by atoms with E-state index in [0.717, 1.165) is 32.8 Å². The molecule has 0 spiro atoms. The maximum Gasteiger partial charge on any atom is 0.0872 e. The minimum absolute atomic E-state index is 0.219. The van der Waals surface area contributed by atoms with E-state index in [0.29, 0.717) is 12.0 Å². The molecule has 3 saturated heterocycles. The van der Waals surface area contributed by atoms with Crippen LogP contribution in [0.3, 0.4) is 0 Å². The number of nitrogens with one attached hydrogen (secondary N) is 1. The number of ether oxygens (including phenoxy) is 2. The summed E-state index contributed by atoms with van der Waals surface area (Å²) in [5.41, 5.74) is 2.99. The van der Waals surface area contributed by atoms with Gasteiger partial charge >= 0.3 is 0 Å². The number of fused-ring (bicyclic) bond motifs is 1. The average Bonchev–Trinajstić information content (AvgIpc) is 2.88. The van der Waals surface area contributed by atoms with Gasteiger partial charge in [-0.25, -0.2) is 0 Å². The topological polar surface area (TPSA) is 59.8 Å². The highest BCUT2D eigenvalue weighted by Gasteiger charge is 2.38. The van der Waals surface area contributed by atoms with Crippen molar-refractivity contribution in [2.45, 2.75) is 43.9 Å². The van der Waals surface area contributed by atoms with Gasteiger partial charge in [0.25, 0.3) is 0 Å². The number of hydrogen-bond acceptors (Lipinski definition) is 5. The van der Waals surface area contributed by atoms with Crippen molar-refractivity contribution in [1.29, 1.82) is 0 Å². The highest BCUT2D eigenvalue weighted by Crippen LogP contribution is 2.27. The van der Waals surface area contributed by atoms with Crippen LogP contribution >= 0.6 is 0 Å². The zero-order valence-corrected chi connectivity index (χ0v) is 11.0. The Hall–Kier alpha value is -0.200. The molecule has 0 aromatic carbocycles. The van der Waals surface area contributed by atoms with Gasteiger partial charge in [-0.3, -0.25) is 16.2 Å². The molecule has 5 nitrogen and oxygen atoms in total. The molecule has 0 saturated carbocycles. The third-order valence-electron chi connectivity index (χ3n) is 4.71. The lowest BCUT2D eigenvalue weighted by atomic mass is 9.89. The van der Waals surface area contributed by atoms with Crippen LogP contribution in [0, 0.1) is 5.92 Å². The SMILES string of the molecule is NNC(C1CCCOC1)C1CN2CCCC2CO1. The highest BCUT2D eigenvalue weighted by atomic mass is 16.5. The van der Waals surface area contributed by atoms with Gasteiger partial charge in [0.15, 0.2) is 0 Å². The van der Waals surface area contributed by atoms with Crippen molar-refractivity contribution >= 4 is 0 Å². The molecule has 0 bridgehead atoms. The minimum Gasteiger partial charge on any atom is -0.381 e. The van der Waals surface area contributed by atoms with Gasteiger partial charge in [0, 0.05) is 25.1 Å². The normalized spacial score (nSPS) is 39.5. The Morgan fingerprint density at radius 1 is 1.22 bits per heavy atom. The van der Waals surface area contributed by atoms with E-state index < -0.39 is 0 Å². The van der Waals surface area contributed by atoms with Crippen LogP contribution in [-0.2, 0) is 9.47 Å². The van der Waals surface area contributed by atoms with Crippen molar-refractivity contribution in [3.63, 3.8) is 0 Å². The Morgan fingerprint density at radius 2 is 2.17 bits per heavy atom. The summed E-state index contributed by atoms with van der Waals surface area (Å²) in [5, 5.41) is 0. The van der Waals surface area contributed by atoms with Gasteiger partial charge in [-0.15, -0.1) is 0 Å². The molecule has 3 aliphatic heterocycles. The Balaban J connectivity index is 1.60. The molecule has 0 amide bonds. The second-order valence-corrected chi connectivity index (χ2v) is 5.83. The number of hydrazine groups is 1. The number of nitrogens with two attached hydrogens (primary N) is 1. The molecule has 3 rings (SSSR count). The first-order chi connectivity index (χ1) is 8.88. The van der Waals surface area contributed by atoms with E-state index in [1.807, 2.05) is 0 Å². The van der Waals surface area contributed by atoms with Crippen molar-refractivity contribution in [2.75, 3.05) is 32.9 Å². The molecular formula is C13H25N3O2. The van der Waals surface area contributed by atoms with Crippen LogP contribution < -0.4 is 11.3 Å². The molecule has 3 aliphatic rings. The van der Waals surface area contributed by atoms with Crippen LogP contribution in [0.15, 0.2) is 0 Å². The molecule has 5 heteroatoms. The Bertz CT molecular complexity index is 271. The molecule has 3 heterocycles.